The minimum absolute atomic E-state index is 0. The van der Waals surface area contributed by atoms with E-state index in [2.05, 4.69) is 43.8 Å². The van der Waals surface area contributed by atoms with Crippen LogP contribution in [-0.2, 0) is 17.1 Å². The molecule has 0 amide bonds. The first kappa shape index (κ1) is 16.6. The molecule has 0 spiro atoms. The zero-order valence-electron chi connectivity index (χ0n) is 10.2. The molecule has 0 heterocycles. The molecule has 2 aromatic carbocycles. The van der Waals surface area contributed by atoms with Crippen LogP contribution in [0.15, 0.2) is 54.6 Å². The van der Waals surface area contributed by atoms with E-state index in [-0.39, 0.29) is 17.1 Å². The number of hydrogen-bond acceptors (Lipinski definition) is 1. The van der Waals surface area contributed by atoms with Gasteiger partial charge in [-0.1, -0.05) is 19.8 Å². The molecule has 0 fully saturated rings. The van der Waals surface area contributed by atoms with Crippen LogP contribution in [0.2, 0.25) is 0 Å². The molecule has 2 heteroatoms. The fourth-order valence-electron chi connectivity index (χ4n) is 1.50. The van der Waals surface area contributed by atoms with Crippen LogP contribution in [0.5, 0.6) is 0 Å². The number of rotatable bonds is 4. The van der Waals surface area contributed by atoms with Gasteiger partial charge in [0, 0.05) is 17.1 Å². The summed E-state index contributed by atoms with van der Waals surface area (Å²) in [4.78, 5) is 0. The molecule has 1 atom stereocenters. The summed E-state index contributed by atoms with van der Waals surface area (Å²) in [6.07, 6.45) is 3.74. The van der Waals surface area contributed by atoms with Gasteiger partial charge in [0.2, 0.25) is 0 Å². The van der Waals surface area contributed by atoms with Gasteiger partial charge in [0.1, 0.15) is 0 Å². The molecular weight excluding hydrogens is 268 g/mol. The molecule has 0 saturated carbocycles. The van der Waals surface area contributed by atoms with E-state index in [0.29, 0.717) is 5.25 Å². The van der Waals surface area contributed by atoms with E-state index >= 15 is 0 Å². The van der Waals surface area contributed by atoms with Gasteiger partial charge < -0.3 is 30.3 Å². The first-order valence-corrected chi connectivity index (χ1v) is 6.42. The Balaban J connectivity index is 0.000000360. The topological polar surface area (TPSA) is 0 Å². The second kappa shape index (κ2) is 10.7. The van der Waals surface area contributed by atoms with Crippen molar-refractivity contribution in [2.45, 2.75) is 31.4 Å². The molecule has 100 valence electrons. The van der Waals surface area contributed by atoms with Crippen molar-refractivity contribution in [3.05, 3.63) is 60.2 Å². The summed E-state index contributed by atoms with van der Waals surface area (Å²) in [5, 5.41) is 0.449. The van der Waals surface area contributed by atoms with E-state index in [1.54, 1.807) is 0 Å². The summed E-state index contributed by atoms with van der Waals surface area (Å²) in [6.45, 7) is 2.21. The SMILES string of the molecule is CCCCC(S)[c-]1cccc1.[Fe].[cH-]1[cH-][cH-][cH-][cH-]1. The predicted octanol–water partition coefficient (Wildman–Crippen LogP) is 4.97. The molecule has 17 heavy (non-hydrogen) atoms. The van der Waals surface area contributed by atoms with E-state index in [1.165, 1.54) is 24.8 Å². The molecule has 2 aromatic rings. The quantitative estimate of drug-likeness (QED) is 0.458. The van der Waals surface area contributed by atoms with E-state index < -0.39 is 0 Å². The Labute approximate surface area is 121 Å². The maximum absolute atomic E-state index is 4.52. The summed E-state index contributed by atoms with van der Waals surface area (Å²) < 4.78 is 0. The summed E-state index contributed by atoms with van der Waals surface area (Å²) in [5.41, 5.74) is 1.36. The standard InChI is InChI=1S/C10H15S.C5H5.Fe/c1-2-3-8-10(11)9-6-4-5-7-9;1-2-4-5-3-1;/h4-7,10-11H,2-3,8H2,1H3;1-5H;/q-1;-5;. The van der Waals surface area contributed by atoms with Gasteiger partial charge in [-0.25, -0.2) is 12.1 Å². The van der Waals surface area contributed by atoms with Gasteiger partial charge in [-0.05, 0) is 11.7 Å². The van der Waals surface area contributed by atoms with Crippen molar-refractivity contribution < 1.29 is 17.1 Å². The van der Waals surface area contributed by atoms with E-state index in [0.717, 1.165) is 0 Å². The Morgan fingerprint density at radius 1 is 1.06 bits per heavy atom. The van der Waals surface area contributed by atoms with Crippen LogP contribution in [0, 0.1) is 0 Å². The van der Waals surface area contributed by atoms with E-state index in [4.69, 9.17) is 0 Å². The van der Waals surface area contributed by atoms with Crippen LogP contribution >= 0.6 is 12.6 Å². The van der Waals surface area contributed by atoms with Gasteiger partial charge in [-0.3, -0.25) is 0 Å². The van der Waals surface area contributed by atoms with Crippen LogP contribution in [0.1, 0.15) is 37.0 Å². The summed E-state index contributed by atoms with van der Waals surface area (Å²) in [7, 11) is 0. The minimum Gasteiger partial charge on any atom is -0.748 e. The van der Waals surface area contributed by atoms with Crippen molar-refractivity contribution in [1.29, 1.82) is 0 Å². The molecule has 1 unspecified atom stereocenters. The maximum Gasteiger partial charge on any atom is 0 e. The summed E-state index contributed by atoms with van der Waals surface area (Å²) in [5.74, 6) is 0. The molecule has 0 aliphatic rings. The number of thiol groups is 1. The molecule has 0 N–H and O–H groups in total. The second-order valence-electron chi connectivity index (χ2n) is 3.84. The zero-order chi connectivity index (χ0) is 11.6. The first-order chi connectivity index (χ1) is 7.84. The smallest absolute Gasteiger partial charge is 0 e. The molecule has 0 saturated heterocycles. The van der Waals surface area contributed by atoms with Crippen LogP contribution in [0.3, 0.4) is 0 Å². The van der Waals surface area contributed by atoms with Gasteiger partial charge in [0.05, 0.1) is 0 Å². The van der Waals surface area contributed by atoms with Crippen molar-refractivity contribution in [3.8, 4) is 0 Å². The third-order valence-electron chi connectivity index (χ3n) is 2.46. The Hall–Kier alpha value is -0.431. The van der Waals surface area contributed by atoms with Crippen molar-refractivity contribution in [2.75, 3.05) is 0 Å². The number of unbranched alkanes of at least 4 members (excludes halogenated alkanes) is 1. The van der Waals surface area contributed by atoms with Crippen molar-refractivity contribution in [2.24, 2.45) is 0 Å². The predicted molar refractivity (Wildman–Crippen MR) is 75.3 cm³/mol. The Kier molecular flexibility index (Phi) is 10.4. The molecule has 0 bridgehead atoms. The molecule has 0 aromatic heterocycles. The molecule has 0 aliphatic heterocycles. The van der Waals surface area contributed by atoms with Crippen LogP contribution < -0.4 is 0 Å². The first-order valence-electron chi connectivity index (χ1n) is 5.91. The van der Waals surface area contributed by atoms with Gasteiger partial charge in [-0.2, -0.15) is 24.8 Å². The van der Waals surface area contributed by atoms with E-state index in [1.807, 2.05) is 30.3 Å². The Morgan fingerprint density at radius 3 is 1.94 bits per heavy atom. The number of hydrogen-bond donors (Lipinski definition) is 1. The monoisotopic (exact) mass is 288 g/mol. The van der Waals surface area contributed by atoms with Gasteiger partial charge >= 0.3 is 0 Å². The molecule has 2 rings (SSSR count). The van der Waals surface area contributed by atoms with Crippen molar-refractivity contribution in [1.82, 2.24) is 0 Å². The molecule has 0 radical (unpaired) electrons. The van der Waals surface area contributed by atoms with E-state index in [9.17, 15) is 0 Å². The minimum atomic E-state index is 0. The second-order valence-corrected chi connectivity index (χ2v) is 4.46. The van der Waals surface area contributed by atoms with Gasteiger partial charge in [0.15, 0.2) is 0 Å². The maximum atomic E-state index is 4.52. The fourth-order valence-corrected chi connectivity index (χ4v) is 1.85. The zero-order valence-corrected chi connectivity index (χ0v) is 12.2. The fraction of sp³-hybridized carbons (Fsp3) is 0.333. The Morgan fingerprint density at radius 2 is 1.53 bits per heavy atom. The average molecular weight is 288 g/mol. The third kappa shape index (κ3) is 7.49. The van der Waals surface area contributed by atoms with Crippen molar-refractivity contribution >= 4 is 12.6 Å². The van der Waals surface area contributed by atoms with Crippen LogP contribution in [-0.4, -0.2) is 0 Å². The van der Waals surface area contributed by atoms with Crippen LogP contribution in [0.25, 0.3) is 0 Å². The third-order valence-corrected chi connectivity index (χ3v) is 3.02. The summed E-state index contributed by atoms with van der Waals surface area (Å²) >= 11 is 4.52. The van der Waals surface area contributed by atoms with Gasteiger partial charge in [0.25, 0.3) is 0 Å². The molecule has 0 nitrogen and oxygen atoms in total. The normalized spacial score (nSPS) is 10.9. The average Bonchev–Trinajstić information content (AvgIpc) is 2.98. The Bertz CT molecular complexity index is 306. The largest absolute Gasteiger partial charge is 0.748 e. The summed E-state index contributed by atoms with van der Waals surface area (Å²) in [6, 6.07) is 18.4. The van der Waals surface area contributed by atoms with Gasteiger partial charge in [-0.15, -0.1) is 5.56 Å². The molecule has 0 aliphatic carbocycles. The molecular formula is C15H20FeS-6. The van der Waals surface area contributed by atoms with Crippen LogP contribution in [0.4, 0.5) is 0 Å². The van der Waals surface area contributed by atoms with Crippen molar-refractivity contribution in [3.63, 3.8) is 0 Å².